The van der Waals surface area contributed by atoms with E-state index in [1.54, 1.807) is 11.3 Å². The van der Waals surface area contributed by atoms with Crippen LogP contribution in [0.3, 0.4) is 0 Å². The van der Waals surface area contributed by atoms with Crippen LogP contribution in [0, 0.1) is 5.92 Å². The Hall–Kier alpha value is -1.26. The zero-order valence-electron chi connectivity index (χ0n) is 13.0. The van der Waals surface area contributed by atoms with Crippen molar-refractivity contribution in [3.63, 3.8) is 0 Å². The molecule has 2 rings (SSSR count). The first-order valence-electron chi connectivity index (χ1n) is 7.80. The van der Waals surface area contributed by atoms with Crippen LogP contribution in [0.5, 0.6) is 0 Å². The predicted molar refractivity (Wildman–Crippen MR) is 89.8 cm³/mol. The van der Waals surface area contributed by atoms with E-state index in [1.165, 1.54) is 10.6 Å². The molecule has 0 aliphatic carbocycles. The summed E-state index contributed by atoms with van der Waals surface area (Å²) in [6.07, 6.45) is 4.28. The summed E-state index contributed by atoms with van der Waals surface area (Å²) >= 11 is 1.76. The van der Waals surface area contributed by atoms with Crippen LogP contribution in [0.15, 0.2) is 30.3 Å². The first-order chi connectivity index (χ1) is 10.2. The number of nitrogens with zero attached hydrogens (tertiary/aromatic N) is 2. The Morgan fingerprint density at radius 3 is 2.43 bits per heavy atom. The molecule has 1 heterocycles. The molecule has 0 unspecified atom stereocenters. The second-order valence-corrected chi connectivity index (χ2v) is 6.92. The number of hydrogen-bond acceptors (Lipinski definition) is 4. The molecule has 0 saturated heterocycles. The van der Waals surface area contributed by atoms with Crippen molar-refractivity contribution in [1.29, 1.82) is 0 Å². The highest BCUT2D eigenvalue weighted by Gasteiger charge is 2.04. The lowest BCUT2D eigenvalue weighted by molar-refractivity contribution is 0.553. The minimum Gasteiger partial charge on any atom is -0.316 e. The van der Waals surface area contributed by atoms with Crippen LogP contribution in [0.25, 0.3) is 0 Å². The number of rotatable bonds is 9. The quantitative estimate of drug-likeness (QED) is 0.721. The summed E-state index contributed by atoms with van der Waals surface area (Å²) < 4.78 is 0. The van der Waals surface area contributed by atoms with Crippen LogP contribution in [0.2, 0.25) is 0 Å². The summed E-state index contributed by atoms with van der Waals surface area (Å²) in [7, 11) is 0. The van der Waals surface area contributed by atoms with Crippen molar-refractivity contribution in [1.82, 2.24) is 15.5 Å². The standard InChI is InChI=1S/C17H25N3S/c1-14(2)13-18-12-11-17-20-19-16(21-17)10-6-9-15-7-4-3-5-8-15/h3-5,7-8,14,18H,6,9-13H2,1-2H3. The van der Waals surface area contributed by atoms with Gasteiger partial charge in [-0.15, -0.1) is 21.5 Å². The summed E-state index contributed by atoms with van der Waals surface area (Å²) in [4.78, 5) is 0. The molecule has 0 amide bonds. The smallest absolute Gasteiger partial charge is 0.118 e. The summed E-state index contributed by atoms with van der Waals surface area (Å²) in [6.45, 7) is 6.52. The molecule has 0 spiro atoms. The third-order valence-electron chi connectivity index (χ3n) is 3.28. The summed E-state index contributed by atoms with van der Waals surface area (Å²) in [5.74, 6) is 0.702. The minimum atomic E-state index is 0.702. The highest BCUT2D eigenvalue weighted by atomic mass is 32.1. The van der Waals surface area contributed by atoms with Gasteiger partial charge in [0, 0.05) is 19.4 Å². The van der Waals surface area contributed by atoms with E-state index in [-0.39, 0.29) is 0 Å². The van der Waals surface area contributed by atoms with Gasteiger partial charge in [-0.3, -0.25) is 0 Å². The van der Waals surface area contributed by atoms with Crippen molar-refractivity contribution in [2.75, 3.05) is 13.1 Å². The largest absolute Gasteiger partial charge is 0.316 e. The van der Waals surface area contributed by atoms with Gasteiger partial charge in [0.25, 0.3) is 0 Å². The molecule has 114 valence electrons. The molecule has 0 saturated carbocycles. The molecular formula is C17H25N3S. The fourth-order valence-electron chi connectivity index (χ4n) is 2.16. The Balaban J connectivity index is 1.66. The average molecular weight is 303 g/mol. The number of aryl methyl sites for hydroxylation is 2. The van der Waals surface area contributed by atoms with Gasteiger partial charge >= 0.3 is 0 Å². The van der Waals surface area contributed by atoms with Crippen LogP contribution in [-0.4, -0.2) is 23.3 Å². The maximum atomic E-state index is 4.30. The molecule has 1 aromatic carbocycles. The fourth-order valence-corrected chi connectivity index (χ4v) is 3.05. The first-order valence-corrected chi connectivity index (χ1v) is 8.61. The SMILES string of the molecule is CC(C)CNCCc1nnc(CCCc2ccccc2)s1. The van der Waals surface area contributed by atoms with E-state index in [4.69, 9.17) is 0 Å². The molecule has 0 fully saturated rings. The number of hydrogen-bond donors (Lipinski definition) is 1. The van der Waals surface area contributed by atoms with Crippen LogP contribution >= 0.6 is 11.3 Å². The summed E-state index contributed by atoms with van der Waals surface area (Å²) in [6, 6.07) is 10.6. The van der Waals surface area contributed by atoms with Crippen molar-refractivity contribution in [3.8, 4) is 0 Å². The molecule has 1 N–H and O–H groups in total. The Labute approximate surface area is 131 Å². The molecule has 0 aliphatic rings. The van der Waals surface area contributed by atoms with Crippen LogP contribution in [0.1, 0.15) is 35.8 Å². The molecule has 0 radical (unpaired) electrons. The maximum Gasteiger partial charge on any atom is 0.118 e. The molecule has 1 aromatic heterocycles. The first kappa shape index (κ1) is 16.1. The van der Waals surface area contributed by atoms with Gasteiger partial charge in [0.2, 0.25) is 0 Å². The van der Waals surface area contributed by atoms with Crippen LogP contribution in [0.4, 0.5) is 0 Å². The topological polar surface area (TPSA) is 37.8 Å². The highest BCUT2D eigenvalue weighted by molar-refractivity contribution is 7.11. The van der Waals surface area contributed by atoms with Crippen molar-refractivity contribution in [2.45, 2.75) is 39.5 Å². The zero-order valence-corrected chi connectivity index (χ0v) is 13.8. The zero-order chi connectivity index (χ0) is 14.9. The molecular weight excluding hydrogens is 278 g/mol. The number of aromatic nitrogens is 2. The van der Waals surface area contributed by atoms with Gasteiger partial charge in [-0.2, -0.15) is 0 Å². The molecule has 3 nitrogen and oxygen atoms in total. The third kappa shape index (κ3) is 6.36. The van der Waals surface area contributed by atoms with E-state index in [0.29, 0.717) is 5.92 Å². The molecule has 0 bridgehead atoms. The van der Waals surface area contributed by atoms with Gasteiger partial charge in [0.15, 0.2) is 0 Å². The van der Waals surface area contributed by atoms with Crippen molar-refractivity contribution in [3.05, 3.63) is 45.9 Å². The van der Waals surface area contributed by atoms with Crippen LogP contribution in [-0.2, 0) is 19.3 Å². The molecule has 21 heavy (non-hydrogen) atoms. The lowest BCUT2D eigenvalue weighted by Gasteiger charge is -2.05. The fraction of sp³-hybridized carbons (Fsp3) is 0.529. The number of nitrogens with one attached hydrogen (secondary N) is 1. The second kappa shape index (κ2) is 8.90. The van der Waals surface area contributed by atoms with Gasteiger partial charge in [0.05, 0.1) is 0 Å². The lowest BCUT2D eigenvalue weighted by Crippen LogP contribution is -2.22. The third-order valence-corrected chi connectivity index (χ3v) is 4.32. The summed E-state index contributed by atoms with van der Waals surface area (Å²) in [5, 5.41) is 14.4. The van der Waals surface area contributed by atoms with Gasteiger partial charge in [-0.25, -0.2) is 0 Å². The normalized spacial score (nSPS) is 11.2. The van der Waals surface area contributed by atoms with Crippen LogP contribution < -0.4 is 5.32 Å². The monoisotopic (exact) mass is 303 g/mol. The Kier molecular flexibility index (Phi) is 6.83. The van der Waals surface area contributed by atoms with Gasteiger partial charge in [-0.1, -0.05) is 44.2 Å². The Bertz CT molecular complexity index is 508. The minimum absolute atomic E-state index is 0.702. The van der Waals surface area contributed by atoms with Crippen molar-refractivity contribution < 1.29 is 0 Å². The lowest BCUT2D eigenvalue weighted by atomic mass is 10.1. The Morgan fingerprint density at radius 2 is 1.71 bits per heavy atom. The van der Waals surface area contributed by atoms with Gasteiger partial charge in [-0.05, 0) is 30.9 Å². The van der Waals surface area contributed by atoms with E-state index in [1.807, 2.05) is 0 Å². The maximum absolute atomic E-state index is 4.30. The summed E-state index contributed by atoms with van der Waals surface area (Å²) in [5.41, 5.74) is 1.40. The van der Waals surface area contributed by atoms with E-state index < -0.39 is 0 Å². The van der Waals surface area contributed by atoms with E-state index in [2.05, 4.69) is 59.7 Å². The highest BCUT2D eigenvalue weighted by Crippen LogP contribution is 2.13. The molecule has 0 aliphatic heterocycles. The Morgan fingerprint density at radius 1 is 1.00 bits per heavy atom. The van der Waals surface area contributed by atoms with E-state index in [9.17, 15) is 0 Å². The predicted octanol–water partition coefficient (Wildman–Crippen LogP) is 3.50. The average Bonchev–Trinajstić information content (AvgIpc) is 2.92. The molecule has 4 heteroatoms. The van der Waals surface area contributed by atoms with Gasteiger partial charge < -0.3 is 5.32 Å². The van der Waals surface area contributed by atoms with Crippen molar-refractivity contribution in [2.24, 2.45) is 5.92 Å². The number of benzene rings is 1. The second-order valence-electron chi connectivity index (χ2n) is 5.78. The van der Waals surface area contributed by atoms with E-state index in [0.717, 1.165) is 43.8 Å². The van der Waals surface area contributed by atoms with E-state index >= 15 is 0 Å². The molecule has 0 atom stereocenters. The molecule has 2 aromatic rings. The van der Waals surface area contributed by atoms with Gasteiger partial charge in [0.1, 0.15) is 10.0 Å². The van der Waals surface area contributed by atoms with Crippen molar-refractivity contribution >= 4 is 11.3 Å².